The highest BCUT2D eigenvalue weighted by molar-refractivity contribution is 5.80. The van der Waals surface area contributed by atoms with Crippen LogP contribution in [0, 0.1) is 6.92 Å². The van der Waals surface area contributed by atoms with Gasteiger partial charge in [-0.2, -0.15) is 5.10 Å². The zero-order valence-corrected chi connectivity index (χ0v) is 17.1. The molecule has 2 aromatic rings. The van der Waals surface area contributed by atoms with Crippen molar-refractivity contribution in [2.24, 2.45) is 4.99 Å². The number of rotatable bonds is 7. The van der Waals surface area contributed by atoms with Crippen LogP contribution in [-0.2, 0) is 17.7 Å². The molecule has 0 radical (unpaired) electrons. The van der Waals surface area contributed by atoms with E-state index in [1.165, 1.54) is 0 Å². The SMILES string of the molecule is Cc1nc2n(n1)CCCC2NC(=NCCN1CCOCC1)NCCc1ccco1. The number of aryl methyl sites for hydroxylation is 2. The van der Waals surface area contributed by atoms with Crippen molar-refractivity contribution in [1.82, 2.24) is 30.3 Å². The van der Waals surface area contributed by atoms with E-state index in [0.717, 1.165) is 95.1 Å². The Morgan fingerprint density at radius 3 is 3.03 bits per heavy atom. The first-order valence-electron chi connectivity index (χ1n) is 10.6. The number of aromatic nitrogens is 3. The third-order valence-electron chi connectivity index (χ3n) is 5.33. The Labute approximate surface area is 171 Å². The van der Waals surface area contributed by atoms with Gasteiger partial charge in [0.2, 0.25) is 0 Å². The number of aliphatic imine (C=N–C) groups is 1. The Bertz CT molecular complexity index is 781. The molecule has 0 amide bonds. The van der Waals surface area contributed by atoms with Gasteiger partial charge in [-0.3, -0.25) is 9.89 Å². The van der Waals surface area contributed by atoms with Crippen LogP contribution in [0.3, 0.4) is 0 Å². The second-order valence-corrected chi connectivity index (χ2v) is 7.52. The van der Waals surface area contributed by atoms with Crippen LogP contribution < -0.4 is 10.6 Å². The molecule has 29 heavy (non-hydrogen) atoms. The van der Waals surface area contributed by atoms with Crippen molar-refractivity contribution in [1.29, 1.82) is 0 Å². The molecule has 2 N–H and O–H groups in total. The van der Waals surface area contributed by atoms with Gasteiger partial charge in [-0.25, -0.2) is 9.67 Å². The number of furan rings is 1. The van der Waals surface area contributed by atoms with E-state index in [9.17, 15) is 0 Å². The van der Waals surface area contributed by atoms with Crippen LogP contribution in [0.4, 0.5) is 0 Å². The number of guanidine groups is 1. The molecule has 158 valence electrons. The summed E-state index contributed by atoms with van der Waals surface area (Å²) in [6, 6.07) is 4.04. The van der Waals surface area contributed by atoms with Gasteiger partial charge in [0, 0.05) is 39.1 Å². The maximum absolute atomic E-state index is 5.43. The molecule has 1 saturated heterocycles. The van der Waals surface area contributed by atoms with Crippen LogP contribution in [0.25, 0.3) is 0 Å². The van der Waals surface area contributed by atoms with Gasteiger partial charge in [-0.15, -0.1) is 0 Å². The highest BCUT2D eigenvalue weighted by atomic mass is 16.5. The average molecular weight is 402 g/mol. The second kappa shape index (κ2) is 9.89. The van der Waals surface area contributed by atoms with E-state index in [1.54, 1.807) is 6.26 Å². The zero-order chi connectivity index (χ0) is 19.9. The maximum atomic E-state index is 5.43. The highest BCUT2D eigenvalue weighted by Gasteiger charge is 2.24. The van der Waals surface area contributed by atoms with Crippen LogP contribution in [-0.4, -0.2) is 71.6 Å². The van der Waals surface area contributed by atoms with E-state index < -0.39 is 0 Å². The number of fused-ring (bicyclic) bond motifs is 1. The standard InChI is InChI=1S/C20H31N7O2/c1-16-23-19-18(5-2-9-27(19)25-16)24-20(21-7-6-17-4-3-13-29-17)22-8-10-26-11-14-28-15-12-26/h3-4,13,18H,2,5-12,14-15H2,1H3,(H2,21,22,24). The first kappa shape index (κ1) is 19.9. The number of nitrogens with one attached hydrogen (secondary N) is 2. The van der Waals surface area contributed by atoms with Crippen LogP contribution in [0.15, 0.2) is 27.8 Å². The Morgan fingerprint density at radius 2 is 2.21 bits per heavy atom. The number of nitrogens with zero attached hydrogens (tertiary/aromatic N) is 5. The van der Waals surface area contributed by atoms with Crippen molar-refractivity contribution in [3.63, 3.8) is 0 Å². The minimum absolute atomic E-state index is 0.128. The van der Waals surface area contributed by atoms with Crippen LogP contribution in [0.2, 0.25) is 0 Å². The van der Waals surface area contributed by atoms with Crippen molar-refractivity contribution in [2.45, 2.75) is 38.8 Å². The topological polar surface area (TPSA) is 92.7 Å². The second-order valence-electron chi connectivity index (χ2n) is 7.52. The Morgan fingerprint density at radius 1 is 1.31 bits per heavy atom. The summed E-state index contributed by atoms with van der Waals surface area (Å²) < 4.78 is 12.9. The summed E-state index contributed by atoms with van der Waals surface area (Å²) in [6.45, 7) is 8.91. The maximum Gasteiger partial charge on any atom is 0.191 e. The van der Waals surface area contributed by atoms with Gasteiger partial charge in [0.05, 0.1) is 32.1 Å². The van der Waals surface area contributed by atoms with Gasteiger partial charge in [-0.1, -0.05) is 0 Å². The van der Waals surface area contributed by atoms with Crippen molar-refractivity contribution in [3.05, 3.63) is 35.8 Å². The van der Waals surface area contributed by atoms with E-state index in [4.69, 9.17) is 14.1 Å². The quantitative estimate of drug-likeness (QED) is 0.531. The number of morpholine rings is 1. The molecule has 2 aliphatic heterocycles. The van der Waals surface area contributed by atoms with Gasteiger partial charge in [-0.05, 0) is 31.9 Å². The lowest BCUT2D eigenvalue weighted by atomic mass is 10.1. The smallest absolute Gasteiger partial charge is 0.191 e. The molecule has 2 aliphatic rings. The molecule has 1 fully saturated rings. The van der Waals surface area contributed by atoms with Crippen LogP contribution >= 0.6 is 0 Å². The lowest BCUT2D eigenvalue weighted by Gasteiger charge is -2.27. The number of ether oxygens (including phenoxy) is 1. The summed E-state index contributed by atoms with van der Waals surface area (Å²) in [6.07, 6.45) is 4.64. The molecular weight excluding hydrogens is 370 g/mol. The summed E-state index contributed by atoms with van der Waals surface area (Å²) in [4.78, 5) is 11.9. The predicted octanol–water partition coefficient (Wildman–Crippen LogP) is 1.12. The van der Waals surface area contributed by atoms with Gasteiger partial charge in [0.25, 0.3) is 0 Å². The van der Waals surface area contributed by atoms with E-state index in [-0.39, 0.29) is 6.04 Å². The van der Waals surface area contributed by atoms with E-state index in [2.05, 4.69) is 25.6 Å². The molecule has 0 aliphatic carbocycles. The third-order valence-corrected chi connectivity index (χ3v) is 5.33. The van der Waals surface area contributed by atoms with E-state index >= 15 is 0 Å². The average Bonchev–Trinajstić information content (AvgIpc) is 3.38. The molecule has 0 aromatic carbocycles. The van der Waals surface area contributed by atoms with Crippen molar-refractivity contribution in [2.75, 3.05) is 45.9 Å². The summed E-state index contributed by atoms with van der Waals surface area (Å²) >= 11 is 0. The molecule has 4 heterocycles. The number of hydrogen-bond acceptors (Lipinski definition) is 6. The Hall–Kier alpha value is -2.39. The fraction of sp³-hybridized carbons (Fsp3) is 0.650. The first-order valence-corrected chi connectivity index (χ1v) is 10.6. The van der Waals surface area contributed by atoms with E-state index in [1.807, 2.05) is 23.7 Å². The van der Waals surface area contributed by atoms with Gasteiger partial charge >= 0.3 is 0 Å². The summed E-state index contributed by atoms with van der Waals surface area (Å²) in [5.41, 5.74) is 0. The number of hydrogen-bond donors (Lipinski definition) is 2. The minimum atomic E-state index is 0.128. The summed E-state index contributed by atoms with van der Waals surface area (Å²) in [7, 11) is 0. The van der Waals surface area contributed by atoms with Gasteiger partial charge < -0.3 is 19.8 Å². The fourth-order valence-corrected chi connectivity index (χ4v) is 3.81. The van der Waals surface area contributed by atoms with Crippen LogP contribution in [0.5, 0.6) is 0 Å². The van der Waals surface area contributed by atoms with Crippen LogP contribution in [0.1, 0.15) is 36.3 Å². The first-order chi connectivity index (χ1) is 14.3. The molecule has 9 heteroatoms. The molecule has 1 unspecified atom stereocenters. The van der Waals surface area contributed by atoms with Gasteiger partial charge in [0.15, 0.2) is 5.96 Å². The highest BCUT2D eigenvalue weighted by Crippen LogP contribution is 2.22. The Balaban J connectivity index is 1.37. The molecule has 0 bridgehead atoms. The van der Waals surface area contributed by atoms with Gasteiger partial charge in [0.1, 0.15) is 17.4 Å². The van der Waals surface area contributed by atoms with Crippen molar-refractivity contribution in [3.8, 4) is 0 Å². The Kier molecular flexibility index (Phi) is 6.79. The summed E-state index contributed by atoms with van der Waals surface area (Å²) in [5.74, 6) is 3.62. The predicted molar refractivity (Wildman–Crippen MR) is 110 cm³/mol. The molecule has 9 nitrogen and oxygen atoms in total. The molecule has 2 aromatic heterocycles. The molecule has 0 saturated carbocycles. The third kappa shape index (κ3) is 5.57. The van der Waals surface area contributed by atoms with Crippen molar-refractivity contribution < 1.29 is 9.15 Å². The molecule has 0 spiro atoms. The lowest BCUT2D eigenvalue weighted by Crippen LogP contribution is -2.43. The monoisotopic (exact) mass is 401 g/mol. The minimum Gasteiger partial charge on any atom is -0.469 e. The van der Waals surface area contributed by atoms with Crippen molar-refractivity contribution >= 4 is 5.96 Å². The lowest BCUT2D eigenvalue weighted by molar-refractivity contribution is 0.0394. The molecular formula is C20H31N7O2. The molecule has 1 atom stereocenters. The fourth-order valence-electron chi connectivity index (χ4n) is 3.81. The normalized spacial score (nSPS) is 20.4. The zero-order valence-electron chi connectivity index (χ0n) is 17.1. The molecule has 4 rings (SSSR count). The largest absolute Gasteiger partial charge is 0.469 e. The van der Waals surface area contributed by atoms with E-state index in [0.29, 0.717) is 0 Å². The summed E-state index contributed by atoms with van der Waals surface area (Å²) in [5, 5.41) is 11.5.